The number of aromatic nitrogens is 3. The Hall–Kier alpha value is -3.35. The predicted molar refractivity (Wildman–Crippen MR) is 111 cm³/mol. The van der Waals surface area contributed by atoms with E-state index in [0.29, 0.717) is 11.4 Å². The summed E-state index contributed by atoms with van der Waals surface area (Å²) in [6.45, 7) is 5.39. The molecule has 0 unspecified atom stereocenters. The lowest BCUT2D eigenvalue weighted by molar-refractivity contribution is -0.118. The molecule has 4 rings (SSSR count). The quantitative estimate of drug-likeness (QED) is 0.715. The first-order valence-corrected chi connectivity index (χ1v) is 9.62. The van der Waals surface area contributed by atoms with Gasteiger partial charge in [0.2, 0.25) is 5.91 Å². The molecule has 0 fully saturated rings. The molecule has 3 aromatic rings. The summed E-state index contributed by atoms with van der Waals surface area (Å²) in [5.41, 5.74) is 3.73. The van der Waals surface area contributed by atoms with Gasteiger partial charge in [0, 0.05) is 35.9 Å². The lowest BCUT2D eigenvalue weighted by Gasteiger charge is -2.12. The first kappa shape index (κ1) is 19.0. The number of hydrogen-bond donors (Lipinski definition) is 1. The van der Waals surface area contributed by atoms with Gasteiger partial charge in [-0.2, -0.15) is 5.10 Å². The van der Waals surface area contributed by atoms with Crippen LogP contribution in [0.1, 0.15) is 31.7 Å². The minimum atomic E-state index is -0.250. The van der Waals surface area contributed by atoms with Crippen LogP contribution in [0.2, 0.25) is 0 Å². The molecule has 1 aromatic carbocycles. The van der Waals surface area contributed by atoms with E-state index in [2.05, 4.69) is 15.4 Å². The maximum atomic E-state index is 13.8. The number of halogens is 1. The van der Waals surface area contributed by atoms with E-state index in [9.17, 15) is 9.18 Å². The van der Waals surface area contributed by atoms with E-state index in [0.717, 1.165) is 41.2 Å². The molecule has 0 radical (unpaired) electrons. The number of fused-ring (bicyclic) bond motifs is 1. The molecule has 0 atom stereocenters. The van der Waals surface area contributed by atoms with Gasteiger partial charge in [-0.25, -0.2) is 19.0 Å². The summed E-state index contributed by atoms with van der Waals surface area (Å²) in [6, 6.07) is 8.65. The fourth-order valence-corrected chi connectivity index (χ4v) is 3.25. The Labute approximate surface area is 168 Å². The van der Waals surface area contributed by atoms with Crippen LogP contribution in [0.4, 0.5) is 10.2 Å². The molecular formula is C22H22FN5O. The molecule has 0 saturated heterocycles. The fraction of sp³-hybridized carbons (Fsp3) is 0.273. The number of imidazole rings is 1. The van der Waals surface area contributed by atoms with Crippen molar-refractivity contribution >= 4 is 17.9 Å². The average Bonchev–Trinajstić information content (AvgIpc) is 3.09. The van der Waals surface area contributed by atoms with E-state index in [1.807, 2.05) is 36.9 Å². The van der Waals surface area contributed by atoms with Gasteiger partial charge < -0.3 is 5.32 Å². The van der Waals surface area contributed by atoms with Gasteiger partial charge in [-0.05, 0) is 49.2 Å². The van der Waals surface area contributed by atoms with Crippen molar-refractivity contribution in [2.24, 2.45) is 11.0 Å². The zero-order chi connectivity index (χ0) is 20.5. The maximum absolute atomic E-state index is 13.8. The second-order valence-corrected chi connectivity index (χ2v) is 7.41. The van der Waals surface area contributed by atoms with Crippen LogP contribution in [0.3, 0.4) is 0 Å². The van der Waals surface area contributed by atoms with E-state index in [1.165, 1.54) is 6.07 Å². The largest absolute Gasteiger partial charge is 0.310 e. The van der Waals surface area contributed by atoms with Crippen LogP contribution < -0.4 is 5.32 Å². The summed E-state index contributed by atoms with van der Waals surface area (Å²) in [6.07, 6.45) is 5.11. The van der Waals surface area contributed by atoms with E-state index < -0.39 is 0 Å². The SMILES string of the molecule is Cc1cc(-c2nc3n(c2-c2ccnc(NC(=O)C(C)C)c2)N=CCC3)ccc1F. The fourth-order valence-electron chi connectivity index (χ4n) is 3.25. The second kappa shape index (κ2) is 7.58. The molecule has 1 amide bonds. The van der Waals surface area contributed by atoms with Crippen LogP contribution in [0, 0.1) is 18.7 Å². The van der Waals surface area contributed by atoms with Crippen LogP contribution in [0.25, 0.3) is 22.5 Å². The van der Waals surface area contributed by atoms with E-state index in [-0.39, 0.29) is 17.6 Å². The predicted octanol–water partition coefficient (Wildman–Crippen LogP) is 4.43. The molecule has 0 aliphatic carbocycles. The summed E-state index contributed by atoms with van der Waals surface area (Å²) in [7, 11) is 0. The maximum Gasteiger partial charge on any atom is 0.228 e. The van der Waals surface area contributed by atoms with Gasteiger partial charge in [-0.15, -0.1) is 0 Å². The number of nitrogens with one attached hydrogen (secondary N) is 1. The third-order valence-corrected chi connectivity index (χ3v) is 4.86. The lowest BCUT2D eigenvalue weighted by Crippen LogP contribution is -2.18. The number of carbonyl (C=O) groups excluding carboxylic acids is 1. The number of nitrogens with zero attached hydrogens (tertiary/aromatic N) is 4. The van der Waals surface area contributed by atoms with Gasteiger partial charge in [0.1, 0.15) is 23.2 Å². The summed E-state index contributed by atoms with van der Waals surface area (Å²) in [4.78, 5) is 21.1. The summed E-state index contributed by atoms with van der Waals surface area (Å²) in [5, 5.41) is 7.35. The molecule has 1 N–H and O–H groups in total. The van der Waals surface area contributed by atoms with Crippen molar-refractivity contribution in [1.82, 2.24) is 14.6 Å². The van der Waals surface area contributed by atoms with Crippen LogP contribution in [-0.4, -0.2) is 26.8 Å². The van der Waals surface area contributed by atoms with Crippen LogP contribution in [0.5, 0.6) is 0 Å². The van der Waals surface area contributed by atoms with Gasteiger partial charge in [0.25, 0.3) is 0 Å². The molecule has 6 nitrogen and oxygen atoms in total. The standard InChI is InChI=1S/C22H22FN5O/c1-13(2)22(29)26-18-12-16(8-10-24-18)21-20(15-6-7-17(23)14(3)11-15)27-19-5-4-9-25-28(19)21/h6-13H,4-5H2,1-3H3,(H,24,26,29). The smallest absolute Gasteiger partial charge is 0.228 e. The molecule has 7 heteroatoms. The van der Waals surface area contributed by atoms with Crippen molar-refractivity contribution in [2.45, 2.75) is 33.6 Å². The Kier molecular flexibility index (Phi) is 4.96. The number of rotatable bonds is 4. The molecule has 3 heterocycles. The van der Waals surface area contributed by atoms with Gasteiger partial charge in [-0.1, -0.05) is 13.8 Å². The number of pyridine rings is 1. The van der Waals surface area contributed by atoms with Crippen LogP contribution >= 0.6 is 0 Å². The van der Waals surface area contributed by atoms with Gasteiger partial charge in [0.15, 0.2) is 0 Å². The molecule has 0 bridgehead atoms. The topological polar surface area (TPSA) is 72.2 Å². The highest BCUT2D eigenvalue weighted by Crippen LogP contribution is 2.35. The lowest BCUT2D eigenvalue weighted by atomic mass is 10.0. The second-order valence-electron chi connectivity index (χ2n) is 7.41. The van der Waals surface area contributed by atoms with E-state index >= 15 is 0 Å². The Balaban J connectivity index is 1.85. The monoisotopic (exact) mass is 391 g/mol. The summed E-state index contributed by atoms with van der Waals surface area (Å²) >= 11 is 0. The minimum Gasteiger partial charge on any atom is -0.310 e. The van der Waals surface area contributed by atoms with Crippen molar-refractivity contribution in [2.75, 3.05) is 5.32 Å². The number of carbonyl (C=O) groups is 1. The molecule has 29 heavy (non-hydrogen) atoms. The molecule has 0 saturated carbocycles. The zero-order valence-corrected chi connectivity index (χ0v) is 16.6. The van der Waals surface area contributed by atoms with Crippen molar-refractivity contribution < 1.29 is 9.18 Å². The normalized spacial score (nSPS) is 12.9. The first-order valence-electron chi connectivity index (χ1n) is 9.62. The average molecular weight is 391 g/mol. The highest BCUT2D eigenvalue weighted by molar-refractivity contribution is 5.92. The van der Waals surface area contributed by atoms with Gasteiger partial charge in [-0.3, -0.25) is 4.79 Å². The number of hydrogen-bond acceptors (Lipinski definition) is 4. The van der Waals surface area contributed by atoms with Crippen molar-refractivity contribution in [3.05, 3.63) is 53.7 Å². The first-order chi connectivity index (χ1) is 13.9. The van der Waals surface area contributed by atoms with Crippen molar-refractivity contribution in [1.29, 1.82) is 0 Å². The van der Waals surface area contributed by atoms with E-state index in [4.69, 9.17) is 4.98 Å². The van der Waals surface area contributed by atoms with Crippen molar-refractivity contribution in [3.63, 3.8) is 0 Å². The number of amides is 1. The molecule has 0 spiro atoms. The molecule has 148 valence electrons. The Morgan fingerprint density at radius 1 is 1.21 bits per heavy atom. The molecule has 1 aliphatic heterocycles. The molecule has 2 aromatic heterocycles. The van der Waals surface area contributed by atoms with Crippen LogP contribution in [-0.2, 0) is 11.2 Å². The van der Waals surface area contributed by atoms with Gasteiger partial charge >= 0.3 is 0 Å². The summed E-state index contributed by atoms with van der Waals surface area (Å²) < 4.78 is 15.6. The number of anilines is 1. The van der Waals surface area contributed by atoms with E-state index in [1.54, 1.807) is 25.3 Å². The third kappa shape index (κ3) is 3.68. The van der Waals surface area contributed by atoms with Crippen molar-refractivity contribution in [3.8, 4) is 22.5 Å². The van der Waals surface area contributed by atoms with Crippen LogP contribution in [0.15, 0.2) is 41.6 Å². The highest BCUT2D eigenvalue weighted by Gasteiger charge is 2.22. The Bertz CT molecular complexity index is 1120. The Morgan fingerprint density at radius 2 is 2.03 bits per heavy atom. The number of aryl methyl sites for hydroxylation is 2. The molecular weight excluding hydrogens is 369 g/mol. The Morgan fingerprint density at radius 3 is 2.79 bits per heavy atom. The highest BCUT2D eigenvalue weighted by atomic mass is 19.1. The minimum absolute atomic E-state index is 0.0997. The number of benzene rings is 1. The summed E-state index contributed by atoms with van der Waals surface area (Å²) in [5.74, 6) is 0.824. The zero-order valence-electron chi connectivity index (χ0n) is 16.6. The third-order valence-electron chi connectivity index (χ3n) is 4.86. The molecule has 1 aliphatic rings. The van der Waals surface area contributed by atoms with Gasteiger partial charge in [0.05, 0.1) is 5.69 Å².